The average Bonchev–Trinajstić information content (AvgIpc) is 2.77. The molecule has 1 N–H and O–H groups in total. The van der Waals surface area contributed by atoms with Crippen LogP contribution in [-0.4, -0.2) is 15.8 Å². The van der Waals surface area contributed by atoms with Crippen LogP contribution in [0.4, 0.5) is 0 Å². The number of imidazole rings is 1. The number of Topliss-reactive ketones (excluding diaryl/α,β-unsaturated/α-hetero) is 1. The quantitative estimate of drug-likeness (QED) is 0.801. The third-order valence-electron chi connectivity index (χ3n) is 2.54. The second-order valence-electron chi connectivity index (χ2n) is 5.08. The van der Waals surface area contributed by atoms with Crippen LogP contribution in [-0.2, 0) is 0 Å². The van der Waals surface area contributed by atoms with E-state index in [1.54, 1.807) is 6.20 Å². The maximum atomic E-state index is 12.0. The smallest absolute Gasteiger partial charge is 0.188 e. The molecule has 0 aliphatic heterocycles. The minimum Gasteiger partial charge on any atom is -0.344 e. The van der Waals surface area contributed by atoms with Gasteiger partial charge in [0.25, 0.3) is 0 Å². The summed E-state index contributed by atoms with van der Waals surface area (Å²) >= 11 is 0. The third kappa shape index (κ3) is 2.44. The molecule has 0 aliphatic carbocycles. The van der Waals surface area contributed by atoms with Gasteiger partial charge >= 0.3 is 0 Å². The molecule has 3 heteroatoms. The van der Waals surface area contributed by atoms with E-state index in [-0.39, 0.29) is 5.78 Å². The highest BCUT2D eigenvalue weighted by Crippen LogP contribution is 2.22. The molecule has 88 valence electrons. The standard InChI is InChI=1S/C14H16N2O/c1-14(2,3)12(17)11-9-15-13(16-11)10-7-5-4-6-8-10/h4-9H,1-3H3,(H,15,16). The first kappa shape index (κ1) is 11.6. The van der Waals surface area contributed by atoms with Gasteiger partial charge in [0, 0.05) is 17.2 Å². The van der Waals surface area contributed by atoms with Crippen molar-refractivity contribution in [1.29, 1.82) is 0 Å². The molecule has 0 bridgehead atoms. The molecule has 2 aromatic rings. The zero-order valence-electron chi connectivity index (χ0n) is 10.3. The van der Waals surface area contributed by atoms with E-state index < -0.39 is 5.41 Å². The van der Waals surface area contributed by atoms with Gasteiger partial charge in [0.05, 0.1) is 0 Å². The molecule has 2 rings (SSSR count). The van der Waals surface area contributed by atoms with Gasteiger partial charge in [0.2, 0.25) is 0 Å². The van der Waals surface area contributed by atoms with Crippen molar-refractivity contribution in [2.75, 3.05) is 0 Å². The molecule has 3 nitrogen and oxygen atoms in total. The summed E-state index contributed by atoms with van der Waals surface area (Å²) in [5.41, 5.74) is 1.08. The lowest BCUT2D eigenvalue weighted by Gasteiger charge is -2.13. The SMILES string of the molecule is CC(C)(C)C(=O)c1c[nH]c(-c2ccccc2)n1. The number of aromatic amines is 1. The molecule has 0 aliphatic rings. The molecule has 0 radical (unpaired) electrons. The topological polar surface area (TPSA) is 45.8 Å². The average molecular weight is 228 g/mol. The summed E-state index contributed by atoms with van der Waals surface area (Å²) in [7, 11) is 0. The summed E-state index contributed by atoms with van der Waals surface area (Å²) in [6.45, 7) is 5.69. The lowest BCUT2D eigenvalue weighted by Crippen LogP contribution is -2.20. The van der Waals surface area contributed by atoms with E-state index in [1.165, 1.54) is 0 Å². The summed E-state index contributed by atoms with van der Waals surface area (Å²) in [6, 6.07) is 9.77. The van der Waals surface area contributed by atoms with E-state index >= 15 is 0 Å². The van der Waals surface area contributed by atoms with Crippen molar-refractivity contribution in [2.24, 2.45) is 5.41 Å². The van der Waals surface area contributed by atoms with E-state index in [2.05, 4.69) is 9.97 Å². The number of nitrogens with one attached hydrogen (secondary N) is 1. The Morgan fingerprint density at radius 2 is 1.82 bits per heavy atom. The molecule has 0 unspecified atom stereocenters. The molecular formula is C14H16N2O. The van der Waals surface area contributed by atoms with Gasteiger partial charge < -0.3 is 4.98 Å². The fourth-order valence-corrected chi connectivity index (χ4v) is 1.57. The first-order valence-electron chi connectivity index (χ1n) is 5.64. The van der Waals surface area contributed by atoms with Crippen molar-refractivity contribution in [3.05, 3.63) is 42.2 Å². The fraction of sp³-hybridized carbons (Fsp3) is 0.286. The van der Waals surface area contributed by atoms with E-state index in [9.17, 15) is 4.79 Å². The maximum Gasteiger partial charge on any atom is 0.188 e. The van der Waals surface area contributed by atoms with Crippen LogP contribution >= 0.6 is 0 Å². The Bertz CT molecular complexity index is 521. The molecule has 0 atom stereocenters. The second-order valence-corrected chi connectivity index (χ2v) is 5.08. The van der Waals surface area contributed by atoms with Crippen molar-refractivity contribution >= 4 is 5.78 Å². The molecule has 0 fully saturated rings. The first-order valence-corrected chi connectivity index (χ1v) is 5.64. The van der Waals surface area contributed by atoms with Crippen molar-refractivity contribution in [2.45, 2.75) is 20.8 Å². The largest absolute Gasteiger partial charge is 0.344 e. The molecule has 1 aromatic heterocycles. The van der Waals surface area contributed by atoms with Crippen LogP contribution in [0.1, 0.15) is 31.3 Å². The number of hydrogen-bond acceptors (Lipinski definition) is 2. The van der Waals surface area contributed by atoms with Crippen LogP contribution in [0.2, 0.25) is 0 Å². The first-order chi connectivity index (χ1) is 7.98. The Hall–Kier alpha value is -1.90. The predicted molar refractivity (Wildman–Crippen MR) is 67.8 cm³/mol. The molecule has 0 saturated heterocycles. The van der Waals surface area contributed by atoms with Crippen LogP contribution in [0.3, 0.4) is 0 Å². The summed E-state index contributed by atoms with van der Waals surface area (Å²) in [5.74, 6) is 0.786. The molecule has 0 saturated carbocycles. The number of hydrogen-bond donors (Lipinski definition) is 1. The number of H-pyrrole nitrogens is 1. The van der Waals surface area contributed by atoms with Gasteiger partial charge in [-0.2, -0.15) is 0 Å². The Morgan fingerprint density at radius 3 is 2.41 bits per heavy atom. The molecular weight excluding hydrogens is 212 g/mol. The summed E-state index contributed by atoms with van der Waals surface area (Å²) < 4.78 is 0. The van der Waals surface area contributed by atoms with Gasteiger partial charge in [-0.15, -0.1) is 0 Å². The number of carbonyl (C=O) groups excluding carboxylic acids is 1. The van der Waals surface area contributed by atoms with Gasteiger partial charge in [0.1, 0.15) is 11.5 Å². The molecule has 0 spiro atoms. The lowest BCUT2D eigenvalue weighted by atomic mass is 9.89. The maximum absolute atomic E-state index is 12.0. The highest BCUT2D eigenvalue weighted by molar-refractivity contribution is 5.98. The van der Waals surface area contributed by atoms with Gasteiger partial charge in [-0.05, 0) is 0 Å². The monoisotopic (exact) mass is 228 g/mol. The van der Waals surface area contributed by atoms with Gasteiger partial charge in [-0.25, -0.2) is 4.98 Å². The summed E-state index contributed by atoms with van der Waals surface area (Å²) in [5, 5.41) is 0. The minimum atomic E-state index is -0.400. The molecule has 1 aromatic carbocycles. The highest BCUT2D eigenvalue weighted by atomic mass is 16.1. The zero-order valence-corrected chi connectivity index (χ0v) is 10.3. The van der Waals surface area contributed by atoms with E-state index in [0.717, 1.165) is 11.4 Å². The Labute approximate surface area is 101 Å². The van der Waals surface area contributed by atoms with E-state index in [0.29, 0.717) is 5.69 Å². The Balaban J connectivity index is 2.32. The number of nitrogens with zero attached hydrogens (tertiary/aromatic N) is 1. The summed E-state index contributed by atoms with van der Waals surface area (Å²) in [4.78, 5) is 19.4. The van der Waals surface area contributed by atoms with Gasteiger partial charge in [-0.3, -0.25) is 4.79 Å². The molecule has 17 heavy (non-hydrogen) atoms. The lowest BCUT2D eigenvalue weighted by molar-refractivity contribution is 0.0853. The number of rotatable bonds is 2. The van der Waals surface area contributed by atoms with Crippen LogP contribution in [0, 0.1) is 5.41 Å². The van der Waals surface area contributed by atoms with Crippen LogP contribution < -0.4 is 0 Å². The molecule has 1 heterocycles. The van der Waals surface area contributed by atoms with Gasteiger partial charge in [-0.1, -0.05) is 51.1 Å². The minimum absolute atomic E-state index is 0.0518. The zero-order chi connectivity index (χ0) is 12.5. The van der Waals surface area contributed by atoms with E-state index in [1.807, 2.05) is 51.1 Å². The fourth-order valence-electron chi connectivity index (χ4n) is 1.57. The number of aromatic nitrogens is 2. The summed E-state index contributed by atoms with van der Waals surface area (Å²) in [6.07, 6.45) is 1.68. The van der Waals surface area contributed by atoms with E-state index in [4.69, 9.17) is 0 Å². The second kappa shape index (κ2) is 4.17. The highest BCUT2D eigenvalue weighted by Gasteiger charge is 2.25. The normalized spacial score (nSPS) is 11.5. The van der Waals surface area contributed by atoms with Crippen LogP contribution in [0.25, 0.3) is 11.4 Å². The predicted octanol–water partition coefficient (Wildman–Crippen LogP) is 3.31. The van der Waals surface area contributed by atoms with Crippen LogP contribution in [0.15, 0.2) is 36.5 Å². The van der Waals surface area contributed by atoms with Gasteiger partial charge in [0.15, 0.2) is 5.78 Å². The van der Waals surface area contributed by atoms with Crippen LogP contribution in [0.5, 0.6) is 0 Å². The Kier molecular flexibility index (Phi) is 2.84. The van der Waals surface area contributed by atoms with Crippen molar-refractivity contribution in [1.82, 2.24) is 9.97 Å². The number of benzene rings is 1. The molecule has 0 amide bonds. The van der Waals surface area contributed by atoms with Crippen molar-refractivity contribution in [3.63, 3.8) is 0 Å². The third-order valence-corrected chi connectivity index (χ3v) is 2.54. The Morgan fingerprint density at radius 1 is 1.18 bits per heavy atom. The van der Waals surface area contributed by atoms with Crippen molar-refractivity contribution in [3.8, 4) is 11.4 Å². The van der Waals surface area contributed by atoms with Crippen molar-refractivity contribution < 1.29 is 4.79 Å². The number of ketones is 1. The number of carbonyl (C=O) groups is 1.